The van der Waals surface area contributed by atoms with Gasteiger partial charge in [0.15, 0.2) is 0 Å². The molecule has 13 heteroatoms. The van der Waals surface area contributed by atoms with Gasteiger partial charge in [0.2, 0.25) is 10.0 Å². The molecular formula is C29H32F3N5O4S. The Balaban J connectivity index is 1.24. The highest BCUT2D eigenvalue weighted by Crippen LogP contribution is 2.34. The number of hydrogen-bond donors (Lipinski definition) is 1. The monoisotopic (exact) mass is 603 g/mol. The third kappa shape index (κ3) is 6.13. The van der Waals surface area contributed by atoms with Gasteiger partial charge in [-0.15, -0.1) is 0 Å². The van der Waals surface area contributed by atoms with E-state index in [0.717, 1.165) is 36.2 Å². The van der Waals surface area contributed by atoms with Gasteiger partial charge in [-0.2, -0.15) is 17.5 Å². The number of piperidine rings is 1. The number of carbonyl (C=O) groups is 2. The number of amides is 2. The van der Waals surface area contributed by atoms with E-state index in [9.17, 15) is 31.2 Å². The molecule has 1 N–H and O–H groups in total. The molecule has 0 aliphatic carbocycles. The summed E-state index contributed by atoms with van der Waals surface area (Å²) >= 11 is 0. The first-order valence-corrected chi connectivity index (χ1v) is 15.1. The molecule has 0 aromatic heterocycles. The fourth-order valence-corrected chi connectivity index (χ4v) is 6.56. The first-order chi connectivity index (χ1) is 19.8. The Hall–Kier alpha value is -3.55. The van der Waals surface area contributed by atoms with Crippen LogP contribution in [-0.2, 0) is 21.0 Å². The zero-order valence-corrected chi connectivity index (χ0v) is 24.1. The second-order valence-electron chi connectivity index (χ2n) is 10.9. The predicted octanol–water partition coefficient (Wildman–Crippen LogP) is 3.11. The third-order valence-electron chi connectivity index (χ3n) is 8.08. The van der Waals surface area contributed by atoms with Crippen LogP contribution in [0.4, 0.5) is 13.2 Å². The number of nitrogens with one attached hydrogen (secondary N) is 1. The second kappa shape index (κ2) is 11.3. The highest BCUT2D eigenvalue weighted by molar-refractivity contribution is 7.92. The van der Waals surface area contributed by atoms with Gasteiger partial charge in [-0.25, -0.2) is 8.42 Å². The minimum absolute atomic E-state index is 0.0247. The lowest BCUT2D eigenvalue weighted by Crippen LogP contribution is -2.50. The van der Waals surface area contributed by atoms with E-state index >= 15 is 0 Å². The van der Waals surface area contributed by atoms with Crippen molar-refractivity contribution in [2.45, 2.75) is 31.5 Å². The van der Waals surface area contributed by atoms with Crippen molar-refractivity contribution in [1.29, 1.82) is 0 Å². The molecule has 3 heterocycles. The Bertz CT molecular complexity index is 1560. The molecule has 1 spiro atoms. The number of likely N-dealkylation sites (N-methyl/N-ethyl adjacent to an activating group) is 1. The normalized spacial score (nSPS) is 20.3. The molecule has 224 valence electrons. The van der Waals surface area contributed by atoms with Crippen LogP contribution in [0.3, 0.4) is 0 Å². The quantitative estimate of drug-likeness (QED) is 0.566. The molecule has 2 aromatic rings. The molecule has 0 saturated carbocycles. The predicted molar refractivity (Wildman–Crippen MR) is 152 cm³/mol. The highest BCUT2D eigenvalue weighted by atomic mass is 32.2. The lowest BCUT2D eigenvalue weighted by Gasteiger charge is -2.34. The lowest BCUT2D eigenvalue weighted by atomic mass is 9.89. The molecule has 2 aromatic carbocycles. The number of nitrogens with zero attached hydrogens (tertiary/aromatic N) is 4. The maximum absolute atomic E-state index is 13.1. The molecule has 0 radical (unpaired) electrons. The van der Waals surface area contributed by atoms with Gasteiger partial charge in [0.1, 0.15) is 11.4 Å². The molecular weight excluding hydrogens is 571 g/mol. The summed E-state index contributed by atoms with van der Waals surface area (Å²) in [5.74, 6) is -0.455. The van der Waals surface area contributed by atoms with E-state index in [-0.39, 0.29) is 43.2 Å². The van der Waals surface area contributed by atoms with E-state index < -0.39 is 33.2 Å². The molecule has 9 nitrogen and oxygen atoms in total. The molecule has 0 atom stereocenters. The van der Waals surface area contributed by atoms with E-state index in [4.69, 9.17) is 0 Å². The smallest absolute Gasteiger partial charge is 0.336 e. The fourth-order valence-electron chi connectivity index (χ4n) is 5.38. The number of hydrogen-bond acceptors (Lipinski definition) is 6. The molecule has 2 saturated heterocycles. The number of aliphatic imine (C=N–C) groups is 1. The zero-order chi connectivity index (χ0) is 30.3. The minimum Gasteiger partial charge on any atom is -0.336 e. The van der Waals surface area contributed by atoms with E-state index in [1.807, 2.05) is 18.9 Å². The van der Waals surface area contributed by atoms with Gasteiger partial charge in [-0.05, 0) is 68.3 Å². The van der Waals surface area contributed by atoms with Crippen LogP contribution < -0.4 is 5.32 Å². The molecule has 42 heavy (non-hydrogen) atoms. The van der Waals surface area contributed by atoms with Crippen molar-refractivity contribution in [3.05, 3.63) is 75.7 Å². The molecule has 3 aliphatic heterocycles. The van der Waals surface area contributed by atoms with Gasteiger partial charge in [0, 0.05) is 55.8 Å². The summed E-state index contributed by atoms with van der Waals surface area (Å²) in [6.07, 6.45) is -2.86. The van der Waals surface area contributed by atoms with Crippen molar-refractivity contribution in [3.8, 4) is 0 Å². The van der Waals surface area contributed by atoms with Crippen LogP contribution in [0, 0.1) is 6.92 Å². The number of aryl methyl sites for hydroxylation is 1. The minimum atomic E-state index is -4.54. The van der Waals surface area contributed by atoms with Crippen molar-refractivity contribution in [1.82, 2.24) is 19.4 Å². The molecule has 0 bridgehead atoms. The van der Waals surface area contributed by atoms with Gasteiger partial charge < -0.3 is 15.1 Å². The van der Waals surface area contributed by atoms with Crippen molar-refractivity contribution in [2.24, 2.45) is 4.99 Å². The van der Waals surface area contributed by atoms with Crippen molar-refractivity contribution < 1.29 is 31.2 Å². The van der Waals surface area contributed by atoms with Crippen LogP contribution in [0.25, 0.3) is 6.08 Å². The van der Waals surface area contributed by atoms with Crippen LogP contribution in [0.2, 0.25) is 0 Å². The summed E-state index contributed by atoms with van der Waals surface area (Å²) < 4.78 is 66.9. The SMILES string of the molecule is Cc1cc(C(=O)N2CCN(C)CC2)ccc1C=CS(=O)(=O)N1CCC2(CC1)N=C(c1cccc(C(F)(F)F)c1)NC2=O. The number of benzene rings is 2. The average Bonchev–Trinajstić information content (AvgIpc) is 3.27. The third-order valence-corrected chi connectivity index (χ3v) is 9.64. The van der Waals surface area contributed by atoms with Gasteiger partial charge >= 0.3 is 6.18 Å². The van der Waals surface area contributed by atoms with Crippen molar-refractivity contribution in [2.75, 3.05) is 46.3 Å². The van der Waals surface area contributed by atoms with Crippen LogP contribution >= 0.6 is 0 Å². The van der Waals surface area contributed by atoms with Crippen LogP contribution in [0.1, 0.15) is 45.5 Å². The van der Waals surface area contributed by atoms with E-state index in [2.05, 4.69) is 15.2 Å². The number of alkyl halides is 3. The maximum atomic E-state index is 13.1. The largest absolute Gasteiger partial charge is 0.416 e. The van der Waals surface area contributed by atoms with Crippen molar-refractivity contribution >= 4 is 33.7 Å². The standard InChI is InChI=1S/C29H32F3N5O4S/c1-20-18-23(26(38)36-15-13-35(2)14-16-36)7-6-21(20)8-17-42(40,41)37-11-9-28(10-12-37)27(39)33-25(34-28)22-4-3-5-24(19-22)29(30,31)32/h3-8,17-19H,9-16H2,1-2H3,(H,33,34,39). The molecule has 2 amide bonds. The Morgan fingerprint density at radius 3 is 2.36 bits per heavy atom. The molecule has 2 fully saturated rings. The molecule has 3 aliphatic rings. The highest BCUT2D eigenvalue weighted by Gasteiger charge is 2.47. The summed E-state index contributed by atoms with van der Waals surface area (Å²) in [7, 11) is -1.81. The van der Waals surface area contributed by atoms with Gasteiger partial charge in [-0.1, -0.05) is 18.2 Å². The van der Waals surface area contributed by atoms with Gasteiger partial charge in [0.05, 0.1) is 5.56 Å². The van der Waals surface area contributed by atoms with Gasteiger partial charge in [-0.3, -0.25) is 14.6 Å². The number of amidine groups is 1. The average molecular weight is 604 g/mol. The number of piperazine rings is 1. The van der Waals surface area contributed by atoms with Crippen molar-refractivity contribution in [3.63, 3.8) is 0 Å². The Labute approximate surface area is 242 Å². The number of carbonyl (C=O) groups excluding carboxylic acids is 2. The summed E-state index contributed by atoms with van der Waals surface area (Å²) in [6, 6.07) is 9.74. The van der Waals surface area contributed by atoms with Gasteiger partial charge in [0.25, 0.3) is 11.8 Å². The first kappa shape index (κ1) is 29.9. The zero-order valence-electron chi connectivity index (χ0n) is 23.3. The van der Waals surface area contributed by atoms with E-state index in [1.165, 1.54) is 22.5 Å². The topological polar surface area (TPSA) is 102 Å². The lowest BCUT2D eigenvalue weighted by molar-refractivity contribution is -0.137. The van der Waals surface area contributed by atoms with E-state index in [0.29, 0.717) is 24.2 Å². The van der Waals surface area contributed by atoms with Crippen LogP contribution in [0.5, 0.6) is 0 Å². The second-order valence-corrected chi connectivity index (χ2v) is 12.8. The first-order valence-electron chi connectivity index (χ1n) is 13.6. The molecule has 0 unspecified atom stereocenters. The summed E-state index contributed by atoms with van der Waals surface area (Å²) in [5, 5.41) is 3.70. The number of rotatable bonds is 5. The molecule has 5 rings (SSSR count). The summed E-state index contributed by atoms with van der Waals surface area (Å²) in [5.41, 5.74) is 0.0304. The summed E-state index contributed by atoms with van der Waals surface area (Å²) in [4.78, 5) is 34.2. The summed E-state index contributed by atoms with van der Waals surface area (Å²) in [6.45, 7) is 4.81. The number of halogens is 3. The Morgan fingerprint density at radius 2 is 1.71 bits per heavy atom. The van der Waals surface area contributed by atoms with E-state index in [1.54, 1.807) is 18.2 Å². The maximum Gasteiger partial charge on any atom is 0.416 e. The van der Waals surface area contributed by atoms with Crippen LogP contribution in [-0.4, -0.2) is 92.0 Å². The Kier molecular flexibility index (Phi) is 8.03. The Morgan fingerprint density at radius 1 is 1.02 bits per heavy atom. The number of sulfonamides is 1. The fraction of sp³-hybridized carbons (Fsp3) is 0.414. The van der Waals surface area contributed by atoms with Crippen LogP contribution in [0.15, 0.2) is 52.9 Å².